The Morgan fingerprint density at radius 1 is 0.445 bits per heavy atom. The van der Waals surface area contributed by atoms with Crippen molar-refractivity contribution < 1.29 is 143 Å². The zero-order chi connectivity index (χ0) is 76.1. The molecule has 0 fully saturated rings. The topological polar surface area (TPSA) is 410 Å². The van der Waals surface area contributed by atoms with Crippen LogP contribution in [0.4, 0.5) is 0 Å². The van der Waals surface area contributed by atoms with Gasteiger partial charge in [0.15, 0.2) is 0 Å². The molecular formula is C76H54Cl6K2N18O8. The van der Waals surface area contributed by atoms with Crippen molar-refractivity contribution in [2.24, 2.45) is 11.5 Å². The van der Waals surface area contributed by atoms with Gasteiger partial charge in [0.1, 0.15) is 23.0 Å². The Labute approximate surface area is 740 Å². The van der Waals surface area contributed by atoms with Crippen LogP contribution in [-0.4, -0.2) is 95.8 Å². The number of amides is 5. The summed E-state index contributed by atoms with van der Waals surface area (Å²) in [6, 6.07) is 34.0. The predicted octanol–water partition coefficient (Wildman–Crippen LogP) is 6.63. The number of carbonyl (C=O) groups is 6. The third-order valence-electron chi connectivity index (χ3n) is 16.5. The molecule has 34 heteroatoms. The molecule has 26 nitrogen and oxygen atoms in total. The standard InChI is InChI=1S/2C25H18Cl2N6O2.C25H16Cl2N6O.CH2O3.2K.H/c2*26-17-7-16-3-13(5-20(23(28)34)22(16)30-11-17)4-18-8-15(1-2-29-18)25(35)33-10-14-6-19-21(27)12-32-24(19)31-9-14;26-19-7-17-3-14(4-18(9-28)23(17)30-12-19)5-20-8-16(1-2-29-20)25(34)33-11-15-6-21-22(27)13-32-24(21)31-10-15;2-1-4-3;;;/h2*1-3,5-9,11-12H,4,10H2,(H2,28,34)(H,31,32)(H,33,35);1-4,6-8,10,12-13H,5,11H2,(H,31,32)(H,33,34);1,3H;;;/q;;;;2*+1;-1/p-1. The minimum absolute atomic E-state index is 0. The van der Waals surface area contributed by atoms with Gasteiger partial charge in [0, 0.05) is 179 Å². The number of nitriles is 1. The second-order valence-corrected chi connectivity index (χ2v) is 26.5. The van der Waals surface area contributed by atoms with Gasteiger partial charge in [-0.3, -0.25) is 58.7 Å². The summed E-state index contributed by atoms with van der Waals surface area (Å²) in [4.78, 5) is 121. The number of hydrogen-bond donors (Lipinski definition) is 8. The molecule has 5 amide bonds. The van der Waals surface area contributed by atoms with E-state index in [2.05, 4.69) is 86.7 Å². The molecule has 0 aliphatic heterocycles. The summed E-state index contributed by atoms with van der Waals surface area (Å²) < 4.78 is 0. The average Bonchev–Trinajstić information content (AvgIpc) is 1.57. The van der Waals surface area contributed by atoms with Gasteiger partial charge in [-0.2, -0.15) is 5.26 Å². The molecule has 0 bridgehead atoms. The fourth-order valence-corrected chi connectivity index (χ4v) is 12.7. The van der Waals surface area contributed by atoms with Crippen LogP contribution in [0.1, 0.15) is 109 Å². The number of halogens is 6. The Balaban J connectivity index is 0.000000184. The summed E-state index contributed by atoms with van der Waals surface area (Å²) in [5.41, 5.74) is 24.2. The molecule has 0 atom stereocenters. The van der Waals surface area contributed by atoms with Crippen molar-refractivity contribution in [3.8, 4) is 6.07 Å². The summed E-state index contributed by atoms with van der Waals surface area (Å²) in [7, 11) is 0. The van der Waals surface area contributed by atoms with Gasteiger partial charge in [0.25, 0.3) is 36.0 Å². The van der Waals surface area contributed by atoms with E-state index in [9.17, 15) is 29.2 Å². The Hall–Kier alpha value is -9.31. The Morgan fingerprint density at radius 3 is 1.08 bits per heavy atom. The van der Waals surface area contributed by atoms with Gasteiger partial charge >= 0.3 is 103 Å². The molecule has 3 aromatic carbocycles. The summed E-state index contributed by atoms with van der Waals surface area (Å²) in [5, 5.41) is 34.4. The van der Waals surface area contributed by atoms with Gasteiger partial charge in [0.05, 0.1) is 63.4 Å². The Morgan fingerprint density at radius 2 is 0.764 bits per heavy atom. The van der Waals surface area contributed by atoms with Crippen molar-refractivity contribution >= 4 is 171 Å². The van der Waals surface area contributed by atoms with E-state index in [0.717, 1.165) is 54.9 Å². The number of hydrogen-bond acceptors (Lipinski definition) is 18. The molecule has 12 aromatic heterocycles. The fraction of sp³-hybridized carbons (Fsp3) is 0.0789. The van der Waals surface area contributed by atoms with E-state index < -0.39 is 11.8 Å². The number of carbonyl (C=O) groups excluding carboxylic acids is 6. The average molecular weight is 1640 g/mol. The molecule has 0 saturated carbocycles. The molecule has 10 N–H and O–H groups in total. The second-order valence-electron chi connectivity index (χ2n) is 24.0. The number of nitrogens with two attached hydrogens (primary N) is 2. The van der Waals surface area contributed by atoms with Gasteiger partial charge in [-0.15, -0.1) is 0 Å². The van der Waals surface area contributed by atoms with Crippen molar-refractivity contribution in [3.63, 3.8) is 0 Å². The van der Waals surface area contributed by atoms with Crippen molar-refractivity contribution in [1.29, 1.82) is 5.26 Å². The molecule has 0 unspecified atom stereocenters. The molecule has 0 saturated heterocycles. The maximum atomic E-state index is 12.8. The minimum Gasteiger partial charge on any atom is -1.00 e. The number of pyridine rings is 9. The molecular weight excluding hydrogens is 1580 g/mol. The van der Waals surface area contributed by atoms with E-state index in [-0.39, 0.29) is 128 Å². The van der Waals surface area contributed by atoms with Crippen LogP contribution in [0.2, 0.25) is 30.1 Å². The van der Waals surface area contributed by atoms with E-state index in [1.165, 1.54) is 18.6 Å². The minimum atomic E-state index is -0.582. The number of aromatic amines is 3. The number of benzene rings is 3. The van der Waals surface area contributed by atoms with Crippen molar-refractivity contribution in [2.75, 3.05) is 0 Å². The monoisotopic (exact) mass is 1630 g/mol. The molecule has 110 heavy (non-hydrogen) atoms. The van der Waals surface area contributed by atoms with Crippen molar-refractivity contribution in [3.05, 3.63) is 298 Å². The fourth-order valence-electron chi connectivity index (χ4n) is 11.6. The molecule has 15 rings (SSSR count). The smallest absolute Gasteiger partial charge is 1.00 e. The van der Waals surface area contributed by atoms with E-state index in [0.29, 0.717) is 164 Å². The van der Waals surface area contributed by atoms with Gasteiger partial charge in [-0.1, -0.05) is 69.6 Å². The zero-order valence-electron chi connectivity index (χ0n) is 58.8. The van der Waals surface area contributed by atoms with Crippen LogP contribution in [-0.2, 0) is 48.6 Å². The molecule has 15 aromatic rings. The Kier molecular flexibility index (Phi) is 29.2. The van der Waals surface area contributed by atoms with Crippen molar-refractivity contribution in [1.82, 2.24) is 75.8 Å². The van der Waals surface area contributed by atoms with Crippen molar-refractivity contribution in [2.45, 2.75) is 38.9 Å². The molecule has 0 aliphatic rings. The first-order chi connectivity index (χ1) is 52.1. The van der Waals surface area contributed by atoms with E-state index in [1.807, 2.05) is 36.4 Å². The number of rotatable bonds is 18. The molecule has 0 aliphatic carbocycles. The van der Waals surface area contributed by atoms with Crippen LogP contribution in [0.3, 0.4) is 0 Å². The Bertz CT molecular complexity index is 5850. The van der Waals surface area contributed by atoms with Crippen LogP contribution >= 0.6 is 69.6 Å². The maximum Gasteiger partial charge on any atom is 1.00 e. The number of aromatic nitrogens is 12. The number of fused-ring (bicyclic) bond motifs is 6. The second kappa shape index (κ2) is 38.6. The van der Waals surface area contributed by atoms with Gasteiger partial charge in [-0.25, -0.2) is 15.0 Å². The normalized spacial score (nSPS) is 10.7. The molecule has 540 valence electrons. The summed E-state index contributed by atoms with van der Waals surface area (Å²) >= 11 is 36.7. The van der Waals surface area contributed by atoms with Crippen LogP contribution in [0.5, 0.6) is 0 Å². The third kappa shape index (κ3) is 21.0. The van der Waals surface area contributed by atoms with E-state index in [1.54, 1.807) is 129 Å². The van der Waals surface area contributed by atoms with Crippen LogP contribution in [0, 0.1) is 11.3 Å². The van der Waals surface area contributed by atoms with Gasteiger partial charge in [-0.05, 0) is 143 Å². The summed E-state index contributed by atoms with van der Waals surface area (Å²) in [6.07, 6.45) is 20.5. The third-order valence-corrected chi connectivity index (χ3v) is 18.0. The number of primary amides is 2. The maximum absolute atomic E-state index is 12.8. The molecule has 12 heterocycles. The zero-order valence-corrected chi connectivity index (χ0v) is 68.6. The predicted molar refractivity (Wildman–Crippen MR) is 408 cm³/mol. The van der Waals surface area contributed by atoms with Crippen LogP contribution < -0.4 is 135 Å². The van der Waals surface area contributed by atoms with Gasteiger partial charge < -0.3 is 53.9 Å². The summed E-state index contributed by atoms with van der Waals surface area (Å²) in [6.45, 7) is 0.716. The number of H-pyrrole nitrogens is 3. The van der Waals surface area contributed by atoms with E-state index in [4.69, 9.17) is 91.1 Å². The largest absolute Gasteiger partial charge is 1.00 e. The SMILES string of the molecule is N#Cc1cc(Cc2cc(C(=O)NCc3cnc4[nH]cc(Cl)c4c3)ccn2)cc2cc(Cl)cnc12.NC(=O)c1cc(Cc2cc(C(=O)NCc3cnc4[nH]cc(Cl)c4c3)ccn2)cc2cc(Cl)cnc12.NC(=O)c1cc(Cc2cc(C(=O)NCc3cnc4[nH]cc(Cl)c4c3)ccn2)cc2cc(Cl)cnc12.O=CO[O-].[H-].[K+].[K+]. The first-order valence-electron chi connectivity index (χ1n) is 32.2. The molecule has 0 radical (unpaired) electrons. The molecule has 0 spiro atoms. The first-order valence-corrected chi connectivity index (χ1v) is 34.4. The van der Waals surface area contributed by atoms with E-state index >= 15 is 0 Å². The first kappa shape index (κ1) is 83.2. The number of nitrogens with zero attached hydrogens (tertiary/aromatic N) is 10. The summed E-state index contributed by atoms with van der Waals surface area (Å²) in [5.74, 6) is -1.89. The number of nitrogens with one attached hydrogen (secondary N) is 6. The van der Waals surface area contributed by atoms with Crippen LogP contribution in [0.15, 0.2) is 184 Å². The van der Waals surface area contributed by atoms with Gasteiger partial charge in [0.2, 0.25) is 0 Å². The van der Waals surface area contributed by atoms with Crippen LogP contribution in [0.25, 0.3) is 65.8 Å². The quantitative estimate of drug-likeness (QED) is 0.0193.